The van der Waals surface area contributed by atoms with Crippen LogP contribution in [0.5, 0.6) is 10.8 Å². The molecule has 0 aliphatic heterocycles. The zero-order valence-corrected chi connectivity index (χ0v) is 16.7. The Hall–Kier alpha value is -2.46. The summed E-state index contributed by atoms with van der Waals surface area (Å²) in [6.07, 6.45) is 1.66. The molecule has 0 atom stereocenters. The third kappa shape index (κ3) is 4.38. The van der Waals surface area contributed by atoms with Crippen LogP contribution in [0.1, 0.15) is 44.5 Å². The number of halogens is 1. The Morgan fingerprint density at radius 1 is 1.42 bits per heavy atom. The van der Waals surface area contributed by atoms with E-state index < -0.39 is 5.82 Å². The van der Waals surface area contributed by atoms with Crippen molar-refractivity contribution in [2.24, 2.45) is 4.99 Å². The minimum absolute atomic E-state index is 0.0610. The Morgan fingerprint density at radius 2 is 2.12 bits per heavy atom. The highest BCUT2D eigenvalue weighted by Gasteiger charge is 2.26. The number of rotatable bonds is 5. The summed E-state index contributed by atoms with van der Waals surface area (Å²) in [4.78, 5) is 6.19. The molecule has 0 unspecified atom stereocenters. The first-order chi connectivity index (χ1) is 12.2. The van der Waals surface area contributed by atoms with Gasteiger partial charge in [-0.3, -0.25) is 0 Å². The van der Waals surface area contributed by atoms with E-state index in [1.54, 1.807) is 12.4 Å². The summed E-state index contributed by atoms with van der Waals surface area (Å²) >= 11 is 1.06. The van der Waals surface area contributed by atoms with Crippen molar-refractivity contribution >= 4 is 23.6 Å². The Bertz CT molecular complexity index is 862. The molecular formula is C19H23FN4OS. The monoisotopic (exact) mass is 374 g/mol. The first-order valence-electron chi connectivity index (χ1n) is 8.30. The Balaban J connectivity index is 2.35. The maximum absolute atomic E-state index is 14.5. The van der Waals surface area contributed by atoms with Gasteiger partial charge in [0, 0.05) is 36.6 Å². The van der Waals surface area contributed by atoms with Crippen molar-refractivity contribution in [2.45, 2.75) is 40.0 Å². The van der Waals surface area contributed by atoms with Crippen LogP contribution in [0.3, 0.4) is 0 Å². The molecule has 0 spiro atoms. The molecule has 2 rings (SSSR count). The molecule has 0 saturated heterocycles. The van der Waals surface area contributed by atoms with Crippen molar-refractivity contribution in [3.8, 4) is 16.9 Å². The van der Waals surface area contributed by atoms with Crippen molar-refractivity contribution in [3.05, 3.63) is 34.8 Å². The second-order valence-electron chi connectivity index (χ2n) is 7.04. The van der Waals surface area contributed by atoms with Crippen LogP contribution in [0.4, 0.5) is 10.1 Å². The van der Waals surface area contributed by atoms with Gasteiger partial charge in [-0.1, -0.05) is 20.8 Å². The fourth-order valence-electron chi connectivity index (χ4n) is 2.16. The van der Waals surface area contributed by atoms with E-state index in [1.807, 2.05) is 46.6 Å². The molecule has 0 radical (unpaired) electrons. The smallest absolute Gasteiger partial charge is 0.218 e. The molecule has 1 aromatic heterocycles. The van der Waals surface area contributed by atoms with E-state index in [0.717, 1.165) is 23.6 Å². The lowest BCUT2D eigenvalue weighted by Crippen LogP contribution is -2.14. The molecule has 2 aromatic rings. The van der Waals surface area contributed by atoms with Gasteiger partial charge in [-0.2, -0.15) is 9.64 Å². The standard InChI is InChI=1S/C19H23FN4OS/c1-7-24(6)11-22-15-9-14(20)16(8-12(15)2)25-18-13(10-21)17(23-26-18)19(3,4)5/h8-9,11H,7H2,1-6H3. The summed E-state index contributed by atoms with van der Waals surface area (Å²) in [5.41, 5.74) is 2.03. The molecular weight excluding hydrogens is 351 g/mol. The van der Waals surface area contributed by atoms with Gasteiger partial charge >= 0.3 is 0 Å². The molecule has 0 aliphatic carbocycles. The quantitative estimate of drug-likeness (QED) is 0.535. The van der Waals surface area contributed by atoms with E-state index in [0.29, 0.717) is 22.0 Å². The van der Waals surface area contributed by atoms with Crippen LogP contribution < -0.4 is 4.74 Å². The lowest BCUT2D eigenvalue weighted by molar-refractivity contribution is 0.449. The summed E-state index contributed by atoms with van der Waals surface area (Å²) in [5, 5.41) is 9.77. The fraction of sp³-hybridized carbons (Fsp3) is 0.421. The van der Waals surface area contributed by atoms with Crippen molar-refractivity contribution in [1.29, 1.82) is 5.26 Å². The highest BCUT2D eigenvalue weighted by Crippen LogP contribution is 2.38. The number of ether oxygens (including phenoxy) is 1. The van der Waals surface area contributed by atoms with Gasteiger partial charge in [-0.15, -0.1) is 0 Å². The second-order valence-corrected chi connectivity index (χ2v) is 7.78. The van der Waals surface area contributed by atoms with Gasteiger partial charge in [0.1, 0.15) is 11.6 Å². The van der Waals surface area contributed by atoms with E-state index in [1.165, 1.54) is 6.07 Å². The van der Waals surface area contributed by atoms with Crippen molar-refractivity contribution in [1.82, 2.24) is 9.27 Å². The van der Waals surface area contributed by atoms with Gasteiger partial charge < -0.3 is 9.64 Å². The third-order valence-corrected chi connectivity index (χ3v) is 4.56. The van der Waals surface area contributed by atoms with Crippen molar-refractivity contribution < 1.29 is 9.13 Å². The van der Waals surface area contributed by atoms with Gasteiger partial charge in [0.2, 0.25) is 5.06 Å². The van der Waals surface area contributed by atoms with Gasteiger partial charge in [0.15, 0.2) is 11.6 Å². The average Bonchev–Trinajstić information content (AvgIpc) is 2.99. The zero-order valence-electron chi connectivity index (χ0n) is 15.9. The molecule has 1 heterocycles. The van der Waals surface area contributed by atoms with Crippen LogP contribution in [-0.4, -0.2) is 29.2 Å². The lowest BCUT2D eigenvalue weighted by Gasteiger charge is -2.15. The number of aliphatic imine (C=N–C) groups is 1. The molecule has 0 N–H and O–H groups in total. The molecule has 0 bridgehead atoms. The van der Waals surface area contributed by atoms with Crippen LogP contribution in [0.25, 0.3) is 0 Å². The molecule has 0 saturated carbocycles. The fourth-order valence-corrected chi connectivity index (χ4v) is 3.06. The second kappa shape index (κ2) is 7.83. The predicted molar refractivity (Wildman–Crippen MR) is 103 cm³/mol. The molecule has 26 heavy (non-hydrogen) atoms. The van der Waals surface area contributed by atoms with Gasteiger partial charge in [-0.05, 0) is 25.5 Å². The van der Waals surface area contributed by atoms with Crippen LogP contribution in [0.2, 0.25) is 0 Å². The van der Waals surface area contributed by atoms with Crippen molar-refractivity contribution in [2.75, 3.05) is 13.6 Å². The van der Waals surface area contributed by atoms with Crippen molar-refractivity contribution in [3.63, 3.8) is 0 Å². The maximum atomic E-state index is 14.5. The number of nitriles is 1. The van der Waals surface area contributed by atoms with Crippen LogP contribution in [-0.2, 0) is 5.41 Å². The van der Waals surface area contributed by atoms with Gasteiger partial charge in [0.05, 0.1) is 17.7 Å². The summed E-state index contributed by atoms with van der Waals surface area (Å²) in [6, 6.07) is 5.05. The topological polar surface area (TPSA) is 61.5 Å². The highest BCUT2D eigenvalue weighted by molar-refractivity contribution is 7.08. The Morgan fingerprint density at radius 3 is 2.69 bits per heavy atom. The summed E-state index contributed by atoms with van der Waals surface area (Å²) in [7, 11) is 1.90. The minimum Gasteiger partial charge on any atom is -0.441 e. The van der Waals surface area contributed by atoms with E-state index in [-0.39, 0.29) is 11.2 Å². The minimum atomic E-state index is -0.531. The Kier molecular flexibility index (Phi) is 5.98. The highest BCUT2D eigenvalue weighted by atomic mass is 32.1. The van der Waals surface area contributed by atoms with Gasteiger partial charge in [0.25, 0.3) is 0 Å². The lowest BCUT2D eigenvalue weighted by atomic mass is 9.90. The molecule has 0 fully saturated rings. The zero-order chi connectivity index (χ0) is 19.5. The summed E-state index contributed by atoms with van der Waals surface area (Å²) < 4.78 is 24.5. The van der Waals surface area contributed by atoms with Gasteiger partial charge in [-0.25, -0.2) is 9.38 Å². The van der Waals surface area contributed by atoms with Crippen LogP contribution in [0.15, 0.2) is 17.1 Å². The number of hydrogen-bond donors (Lipinski definition) is 0. The molecule has 7 heteroatoms. The summed E-state index contributed by atoms with van der Waals surface area (Å²) in [6.45, 7) is 10.6. The molecule has 5 nitrogen and oxygen atoms in total. The summed E-state index contributed by atoms with van der Waals surface area (Å²) in [5.74, 6) is -0.470. The normalized spacial score (nSPS) is 11.6. The first-order valence-corrected chi connectivity index (χ1v) is 9.07. The maximum Gasteiger partial charge on any atom is 0.218 e. The average molecular weight is 374 g/mol. The van der Waals surface area contributed by atoms with E-state index in [2.05, 4.69) is 15.4 Å². The molecule has 0 aliphatic rings. The molecule has 138 valence electrons. The number of hydrogen-bond acceptors (Lipinski definition) is 5. The Labute approximate surface area is 157 Å². The van der Waals surface area contributed by atoms with E-state index in [9.17, 15) is 9.65 Å². The number of nitrogens with zero attached hydrogens (tertiary/aromatic N) is 4. The SMILES string of the molecule is CCN(C)C=Nc1cc(F)c(Oc2snc(C(C)(C)C)c2C#N)cc1C. The number of aromatic nitrogens is 1. The van der Waals surface area contributed by atoms with E-state index in [4.69, 9.17) is 4.74 Å². The first kappa shape index (κ1) is 19.9. The largest absolute Gasteiger partial charge is 0.441 e. The number of benzene rings is 1. The number of aryl methyl sites for hydroxylation is 1. The van der Waals surface area contributed by atoms with Crippen LogP contribution >= 0.6 is 11.5 Å². The van der Waals surface area contributed by atoms with E-state index >= 15 is 0 Å². The molecule has 1 aromatic carbocycles. The predicted octanol–water partition coefficient (Wildman–Crippen LogP) is 5.16. The molecule has 0 amide bonds. The van der Waals surface area contributed by atoms with Crippen LogP contribution in [0, 0.1) is 24.1 Å². The third-order valence-electron chi connectivity index (χ3n) is 3.83.